The quantitative estimate of drug-likeness (QED) is 0.536. The largest absolute Gasteiger partial charge is 0.497 e. The Morgan fingerprint density at radius 2 is 1.69 bits per heavy atom. The smallest absolute Gasteiger partial charge is 0.164 e. The summed E-state index contributed by atoms with van der Waals surface area (Å²) in [5, 5.41) is 0. The molecule has 1 aliphatic carbocycles. The average molecular weight is 402 g/mol. The van der Waals surface area contributed by atoms with Gasteiger partial charge in [-0.15, -0.1) is 0 Å². The lowest BCUT2D eigenvalue weighted by Gasteiger charge is -2.37. The number of hydrogen-bond acceptors (Lipinski definition) is 6. The van der Waals surface area contributed by atoms with Crippen LogP contribution >= 0.6 is 0 Å². The van der Waals surface area contributed by atoms with E-state index < -0.39 is 23.4 Å². The van der Waals surface area contributed by atoms with Crippen molar-refractivity contribution in [2.24, 2.45) is 5.41 Å². The van der Waals surface area contributed by atoms with Gasteiger partial charge in [-0.25, -0.2) is 0 Å². The van der Waals surface area contributed by atoms with Crippen molar-refractivity contribution < 1.29 is 28.5 Å². The Bertz CT molecular complexity index is 864. The Hall–Kier alpha value is -2.18. The Morgan fingerprint density at radius 3 is 2.28 bits per heavy atom. The van der Waals surface area contributed by atoms with Gasteiger partial charge in [0, 0.05) is 29.0 Å². The highest BCUT2D eigenvalue weighted by Crippen LogP contribution is 2.51. The van der Waals surface area contributed by atoms with Crippen LogP contribution in [-0.4, -0.2) is 38.2 Å². The van der Waals surface area contributed by atoms with Gasteiger partial charge in [-0.3, -0.25) is 9.59 Å². The van der Waals surface area contributed by atoms with Gasteiger partial charge in [-0.1, -0.05) is 5.57 Å². The number of methoxy groups -OCH3 is 2. The molecule has 6 nitrogen and oxygen atoms in total. The summed E-state index contributed by atoms with van der Waals surface area (Å²) in [6.07, 6.45) is 0.886. The van der Waals surface area contributed by atoms with E-state index in [1.165, 1.54) is 7.11 Å². The van der Waals surface area contributed by atoms with Crippen molar-refractivity contribution in [3.8, 4) is 11.5 Å². The van der Waals surface area contributed by atoms with Crippen molar-refractivity contribution in [1.29, 1.82) is 0 Å². The molecule has 0 spiro atoms. The zero-order valence-electron chi connectivity index (χ0n) is 18.3. The topological polar surface area (TPSA) is 71.1 Å². The van der Waals surface area contributed by atoms with E-state index in [1.54, 1.807) is 19.2 Å². The van der Waals surface area contributed by atoms with Crippen LogP contribution in [0.2, 0.25) is 0 Å². The molecule has 1 heterocycles. The molecule has 0 bridgehead atoms. The molecule has 1 aliphatic heterocycles. The third-order valence-electron chi connectivity index (χ3n) is 5.95. The fourth-order valence-electron chi connectivity index (χ4n) is 4.52. The molecule has 0 unspecified atom stereocenters. The summed E-state index contributed by atoms with van der Waals surface area (Å²) in [6.45, 7) is 9.59. The van der Waals surface area contributed by atoms with E-state index in [-0.39, 0.29) is 5.78 Å². The van der Waals surface area contributed by atoms with E-state index in [9.17, 15) is 9.59 Å². The van der Waals surface area contributed by atoms with Crippen LogP contribution in [0.15, 0.2) is 23.3 Å². The summed E-state index contributed by atoms with van der Waals surface area (Å²) in [5.74, 6) is 0.305. The molecule has 0 saturated carbocycles. The minimum Gasteiger partial charge on any atom is -0.497 e. The normalized spacial score (nSPS) is 25.8. The maximum atomic E-state index is 12.7. The van der Waals surface area contributed by atoms with Crippen LogP contribution in [0.1, 0.15) is 69.5 Å². The molecular weight excluding hydrogens is 372 g/mol. The predicted molar refractivity (Wildman–Crippen MR) is 108 cm³/mol. The number of ether oxygens (including phenoxy) is 4. The molecule has 29 heavy (non-hydrogen) atoms. The lowest BCUT2D eigenvalue weighted by Crippen LogP contribution is -2.38. The summed E-state index contributed by atoms with van der Waals surface area (Å²) in [6, 6.07) is 3.39. The van der Waals surface area contributed by atoms with Crippen LogP contribution in [0.4, 0.5) is 0 Å². The van der Waals surface area contributed by atoms with E-state index in [4.69, 9.17) is 18.9 Å². The van der Waals surface area contributed by atoms with E-state index in [1.807, 2.05) is 34.6 Å². The van der Waals surface area contributed by atoms with E-state index >= 15 is 0 Å². The summed E-state index contributed by atoms with van der Waals surface area (Å²) < 4.78 is 23.5. The number of carbonyl (C=O) groups is 2. The average Bonchev–Trinajstić information content (AvgIpc) is 2.98. The van der Waals surface area contributed by atoms with Crippen LogP contribution in [0, 0.1) is 5.41 Å². The SMILES string of the molecule is COc1cc(C=O)c([C@H]2OC(C)(C)O[C@@H]2C2=C(C)CCC(=O)C2(C)C)c(OC)c1. The van der Waals surface area contributed by atoms with Gasteiger partial charge in [-0.2, -0.15) is 0 Å². The van der Waals surface area contributed by atoms with Crippen molar-refractivity contribution >= 4 is 12.1 Å². The van der Waals surface area contributed by atoms with Gasteiger partial charge in [0.25, 0.3) is 0 Å². The zero-order chi connectivity index (χ0) is 21.6. The lowest BCUT2D eigenvalue weighted by atomic mass is 9.68. The zero-order valence-corrected chi connectivity index (χ0v) is 18.3. The first-order chi connectivity index (χ1) is 13.6. The highest BCUT2D eigenvalue weighted by atomic mass is 16.8. The van der Waals surface area contributed by atoms with Crippen molar-refractivity contribution in [3.63, 3.8) is 0 Å². The van der Waals surface area contributed by atoms with Crippen LogP contribution in [0.25, 0.3) is 0 Å². The third-order valence-corrected chi connectivity index (χ3v) is 5.95. The van der Waals surface area contributed by atoms with Gasteiger partial charge in [0.15, 0.2) is 12.1 Å². The van der Waals surface area contributed by atoms with Crippen molar-refractivity contribution in [2.75, 3.05) is 14.2 Å². The number of Topliss-reactive ketones (excluding diaryl/α,β-unsaturated/α-hetero) is 1. The third kappa shape index (κ3) is 3.71. The molecule has 1 aromatic rings. The number of allylic oxidation sites excluding steroid dienone is 1. The second-order valence-electron chi connectivity index (χ2n) is 8.67. The summed E-state index contributed by atoms with van der Waals surface area (Å²) in [5.41, 5.74) is 2.41. The molecule has 0 radical (unpaired) electrons. The number of aldehydes is 1. The molecule has 158 valence electrons. The van der Waals surface area contributed by atoms with Crippen LogP contribution in [-0.2, 0) is 14.3 Å². The Morgan fingerprint density at radius 1 is 1.03 bits per heavy atom. The maximum Gasteiger partial charge on any atom is 0.164 e. The molecule has 6 heteroatoms. The molecule has 2 aliphatic rings. The number of benzene rings is 1. The molecule has 1 aromatic carbocycles. The molecule has 1 fully saturated rings. The number of hydrogen-bond donors (Lipinski definition) is 0. The maximum absolute atomic E-state index is 12.7. The van der Waals surface area contributed by atoms with Gasteiger partial charge in [0.1, 0.15) is 29.5 Å². The van der Waals surface area contributed by atoms with Gasteiger partial charge >= 0.3 is 0 Å². The first-order valence-corrected chi connectivity index (χ1v) is 9.86. The monoisotopic (exact) mass is 402 g/mol. The van der Waals surface area contributed by atoms with Gasteiger partial charge in [0.05, 0.1) is 14.2 Å². The lowest BCUT2D eigenvalue weighted by molar-refractivity contribution is -0.146. The molecule has 3 rings (SSSR count). The van der Waals surface area contributed by atoms with Crippen molar-refractivity contribution in [1.82, 2.24) is 0 Å². The van der Waals surface area contributed by atoms with Crippen molar-refractivity contribution in [2.45, 2.75) is 65.5 Å². The fourth-order valence-corrected chi connectivity index (χ4v) is 4.52. The standard InChI is InChI=1S/C23H30O6/c1-13-8-9-17(25)22(2,3)19(13)21-20(28-23(4,5)29-21)18-14(12-24)10-15(26-6)11-16(18)27-7/h10-12,20-21H,8-9H2,1-7H3/t20-,21-/m1/s1. The highest BCUT2D eigenvalue weighted by molar-refractivity contribution is 5.89. The predicted octanol–water partition coefficient (Wildman–Crippen LogP) is 4.41. The number of ketones is 1. The Balaban J connectivity index is 2.21. The second kappa shape index (κ2) is 7.58. The molecule has 0 aromatic heterocycles. The van der Waals surface area contributed by atoms with Gasteiger partial charge < -0.3 is 18.9 Å². The van der Waals surface area contributed by atoms with E-state index in [0.29, 0.717) is 35.5 Å². The van der Waals surface area contributed by atoms with Gasteiger partial charge in [0.2, 0.25) is 0 Å². The Kier molecular flexibility index (Phi) is 5.62. The van der Waals surface area contributed by atoms with Crippen molar-refractivity contribution in [3.05, 3.63) is 34.4 Å². The van der Waals surface area contributed by atoms with Crippen LogP contribution < -0.4 is 9.47 Å². The Labute approximate surface area is 172 Å². The highest BCUT2D eigenvalue weighted by Gasteiger charge is 2.51. The first-order valence-electron chi connectivity index (χ1n) is 9.86. The fraction of sp³-hybridized carbons (Fsp3) is 0.565. The number of carbonyl (C=O) groups excluding carboxylic acids is 2. The molecule has 0 N–H and O–H groups in total. The second-order valence-corrected chi connectivity index (χ2v) is 8.67. The minimum absolute atomic E-state index is 0.183. The number of rotatable bonds is 5. The van der Waals surface area contributed by atoms with Crippen LogP contribution in [0.5, 0.6) is 11.5 Å². The molecule has 0 amide bonds. The molecule has 2 atom stereocenters. The molecular formula is C23H30O6. The summed E-state index contributed by atoms with van der Waals surface area (Å²) in [4.78, 5) is 24.7. The van der Waals surface area contributed by atoms with Crippen LogP contribution in [0.3, 0.4) is 0 Å². The molecule has 1 saturated heterocycles. The first kappa shape index (κ1) is 21.5. The van der Waals surface area contributed by atoms with E-state index in [2.05, 4.69) is 0 Å². The van der Waals surface area contributed by atoms with Gasteiger partial charge in [-0.05, 0) is 52.7 Å². The van der Waals surface area contributed by atoms with E-state index in [0.717, 1.165) is 17.4 Å². The minimum atomic E-state index is -0.885. The summed E-state index contributed by atoms with van der Waals surface area (Å²) in [7, 11) is 3.08. The summed E-state index contributed by atoms with van der Waals surface area (Å²) >= 11 is 0.